The maximum Gasteiger partial charge on any atom is 0.416 e. The number of ether oxygens (including phenoxy) is 1. The molecule has 0 bridgehead atoms. The quantitative estimate of drug-likeness (QED) is 0.565. The standard InChI is InChI=1S/C24H26F3N5O2/c1-14(2)32-22-18(13-28-32)17(12-19(29-22)15-3-4-15)23(33)30-20-11-16(24(25,26)27)5-6-21(20)31-7-9-34-10-8-31/h5-6,11-15H,3-4,7-10H2,1-2H3,(H,30,33). The number of nitrogens with one attached hydrogen (secondary N) is 1. The van der Waals surface area contributed by atoms with Gasteiger partial charge in [-0.2, -0.15) is 18.3 Å². The van der Waals surface area contributed by atoms with Gasteiger partial charge in [-0.05, 0) is 51.0 Å². The molecular formula is C24H26F3N5O2. The van der Waals surface area contributed by atoms with E-state index in [2.05, 4.69) is 10.4 Å². The second-order valence-corrected chi connectivity index (χ2v) is 9.07. The van der Waals surface area contributed by atoms with E-state index in [4.69, 9.17) is 9.72 Å². The third-order valence-electron chi connectivity index (χ3n) is 6.24. The second-order valence-electron chi connectivity index (χ2n) is 9.07. The molecule has 1 saturated heterocycles. The Bertz CT molecular complexity index is 1230. The first-order valence-corrected chi connectivity index (χ1v) is 11.5. The molecule has 2 aliphatic rings. The number of nitrogens with zero attached hydrogens (tertiary/aromatic N) is 4. The van der Waals surface area contributed by atoms with Crippen LogP contribution in [0.15, 0.2) is 30.5 Å². The van der Waals surface area contributed by atoms with Crippen LogP contribution in [-0.2, 0) is 10.9 Å². The minimum Gasteiger partial charge on any atom is -0.378 e. The smallest absolute Gasteiger partial charge is 0.378 e. The van der Waals surface area contributed by atoms with Crippen LogP contribution in [0.25, 0.3) is 11.0 Å². The minimum absolute atomic E-state index is 0.0479. The average Bonchev–Trinajstić information content (AvgIpc) is 3.57. The lowest BCUT2D eigenvalue weighted by Crippen LogP contribution is -2.36. The Morgan fingerprint density at radius 2 is 1.91 bits per heavy atom. The summed E-state index contributed by atoms with van der Waals surface area (Å²) in [6.45, 7) is 5.96. The zero-order valence-corrected chi connectivity index (χ0v) is 19.0. The molecule has 7 nitrogen and oxygen atoms in total. The van der Waals surface area contributed by atoms with Crippen molar-refractivity contribution >= 4 is 28.3 Å². The van der Waals surface area contributed by atoms with Crippen LogP contribution in [0.4, 0.5) is 24.5 Å². The molecule has 3 heterocycles. The maximum absolute atomic E-state index is 13.5. The van der Waals surface area contributed by atoms with E-state index < -0.39 is 17.6 Å². The number of hydrogen-bond donors (Lipinski definition) is 1. The number of hydrogen-bond acceptors (Lipinski definition) is 5. The van der Waals surface area contributed by atoms with E-state index in [9.17, 15) is 18.0 Å². The molecule has 1 amide bonds. The molecule has 0 unspecified atom stereocenters. The van der Waals surface area contributed by atoms with Crippen LogP contribution >= 0.6 is 0 Å². The van der Waals surface area contributed by atoms with Crippen LogP contribution in [0.5, 0.6) is 0 Å². The summed E-state index contributed by atoms with van der Waals surface area (Å²) < 4.78 is 47.6. The molecule has 1 saturated carbocycles. The molecule has 0 spiro atoms. The van der Waals surface area contributed by atoms with Crippen molar-refractivity contribution in [2.45, 2.75) is 44.8 Å². The minimum atomic E-state index is -4.52. The number of pyridine rings is 1. The average molecular weight is 473 g/mol. The molecule has 1 N–H and O–H groups in total. The fourth-order valence-corrected chi connectivity index (χ4v) is 4.27. The number of carbonyl (C=O) groups is 1. The summed E-state index contributed by atoms with van der Waals surface area (Å²) in [5.74, 6) is -0.185. The number of halogens is 3. The molecule has 180 valence electrons. The number of aromatic nitrogens is 3. The fraction of sp³-hybridized carbons (Fsp3) is 0.458. The van der Waals surface area contributed by atoms with Crippen molar-refractivity contribution < 1.29 is 22.7 Å². The van der Waals surface area contributed by atoms with E-state index in [1.165, 1.54) is 6.07 Å². The van der Waals surface area contributed by atoms with Crippen LogP contribution in [0.3, 0.4) is 0 Å². The molecule has 0 atom stereocenters. The Labute approximate surface area is 194 Å². The first-order valence-electron chi connectivity index (χ1n) is 11.5. The molecular weight excluding hydrogens is 447 g/mol. The topological polar surface area (TPSA) is 72.3 Å². The summed E-state index contributed by atoms with van der Waals surface area (Å²) in [5.41, 5.74) is 1.64. The molecule has 2 fully saturated rings. The fourth-order valence-electron chi connectivity index (χ4n) is 4.27. The molecule has 3 aromatic rings. The number of rotatable bonds is 5. The van der Waals surface area contributed by atoms with Gasteiger partial charge in [-0.1, -0.05) is 0 Å². The number of alkyl halides is 3. The SMILES string of the molecule is CC(C)n1ncc2c(C(=O)Nc3cc(C(F)(F)F)ccc3N3CCOCC3)cc(C3CC3)nc21. The number of amides is 1. The van der Waals surface area contributed by atoms with Crippen LogP contribution in [0, 0.1) is 0 Å². The largest absolute Gasteiger partial charge is 0.416 e. The van der Waals surface area contributed by atoms with Gasteiger partial charge in [-0.25, -0.2) is 9.67 Å². The number of carbonyl (C=O) groups excluding carboxylic acids is 1. The van der Waals surface area contributed by atoms with Gasteiger partial charge in [0.2, 0.25) is 0 Å². The third kappa shape index (κ3) is 4.34. The first kappa shape index (κ1) is 22.6. The summed E-state index contributed by atoms with van der Waals surface area (Å²) in [6.07, 6.45) is -0.915. The van der Waals surface area contributed by atoms with Crippen molar-refractivity contribution in [3.63, 3.8) is 0 Å². The third-order valence-corrected chi connectivity index (χ3v) is 6.24. The van der Waals surface area contributed by atoms with Crippen molar-refractivity contribution in [2.24, 2.45) is 0 Å². The van der Waals surface area contributed by atoms with Crippen molar-refractivity contribution in [1.29, 1.82) is 0 Å². The van der Waals surface area contributed by atoms with Crippen LogP contribution in [0.2, 0.25) is 0 Å². The zero-order chi connectivity index (χ0) is 24.0. The summed E-state index contributed by atoms with van der Waals surface area (Å²) in [5, 5.41) is 7.75. The van der Waals surface area contributed by atoms with Gasteiger partial charge in [0.15, 0.2) is 5.65 Å². The van der Waals surface area contributed by atoms with Crippen molar-refractivity contribution in [1.82, 2.24) is 14.8 Å². The first-order chi connectivity index (χ1) is 16.2. The molecule has 2 aromatic heterocycles. The highest BCUT2D eigenvalue weighted by Crippen LogP contribution is 2.41. The Hall–Kier alpha value is -3.14. The Kier molecular flexibility index (Phi) is 5.71. The highest BCUT2D eigenvalue weighted by molar-refractivity contribution is 6.13. The lowest BCUT2D eigenvalue weighted by molar-refractivity contribution is -0.137. The number of benzene rings is 1. The van der Waals surface area contributed by atoms with Crippen LogP contribution in [-0.4, -0.2) is 47.0 Å². The van der Waals surface area contributed by atoms with E-state index in [1.54, 1.807) is 16.9 Å². The molecule has 1 aromatic carbocycles. The van der Waals surface area contributed by atoms with E-state index in [0.717, 1.165) is 30.7 Å². The van der Waals surface area contributed by atoms with E-state index in [0.29, 0.717) is 54.5 Å². The monoisotopic (exact) mass is 473 g/mol. The maximum atomic E-state index is 13.5. The number of fused-ring (bicyclic) bond motifs is 1. The second kappa shape index (κ2) is 8.57. The predicted octanol–water partition coefficient (Wildman–Crippen LogP) is 5.00. The van der Waals surface area contributed by atoms with Gasteiger partial charge in [-0.3, -0.25) is 4.79 Å². The van der Waals surface area contributed by atoms with Gasteiger partial charge in [0, 0.05) is 30.7 Å². The highest BCUT2D eigenvalue weighted by atomic mass is 19.4. The lowest BCUT2D eigenvalue weighted by atomic mass is 10.1. The summed E-state index contributed by atoms with van der Waals surface area (Å²) in [7, 11) is 0. The Morgan fingerprint density at radius 3 is 2.56 bits per heavy atom. The summed E-state index contributed by atoms with van der Waals surface area (Å²) >= 11 is 0. The lowest BCUT2D eigenvalue weighted by Gasteiger charge is -2.31. The normalized spacial score (nSPS) is 16.9. The van der Waals surface area contributed by atoms with Gasteiger partial charge in [0.25, 0.3) is 5.91 Å². The number of anilines is 2. The molecule has 0 radical (unpaired) electrons. The zero-order valence-electron chi connectivity index (χ0n) is 19.0. The van der Waals surface area contributed by atoms with Gasteiger partial charge in [0.05, 0.1) is 47.3 Å². The van der Waals surface area contributed by atoms with Gasteiger partial charge in [-0.15, -0.1) is 0 Å². The highest BCUT2D eigenvalue weighted by Gasteiger charge is 2.32. The molecule has 1 aliphatic heterocycles. The summed E-state index contributed by atoms with van der Waals surface area (Å²) in [4.78, 5) is 20.2. The Balaban J connectivity index is 1.56. The van der Waals surface area contributed by atoms with E-state index >= 15 is 0 Å². The summed E-state index contributed by atoms with van der Waals surface area (Å²) in [6, 6.07) is 5.26. The van der Waals surface area contributed by atoms with E-state index in [-0.39, 0.29) is 11.7 Å². The molecule has 10 heteroatoms. The predicted molar refractivity (Wildman–Crippen MR) is 122 cm³/mol. The van der Waals surface area contributed by atoms with Gasteiger partial charge in [0.1, 0.15) is 0 Å². The van der Waals surface area contributed by atoms with Crippen molar-refractivity contribution in [3.05, 3.63) is 47.3 Å². The molecule has 1 aliphatic carbocycles. The number of morpholine rings is 1. The van der Waals surface area contributed by atoms with Gasteiger partial charge >= 0.3 is 6.18 Å². The van der Waals surface area contributed by atoms with Crippen LogP contribution < -0.4 is 10.2 Å². The molecule has 34 heavy (non-hydrogen) atoms. The van der Waals surface area contributed by atoms with E-state index in [1.807, 2.05) is 18.7 Å². The molecule has 5 rings (SSSR count). The van der Waals surface area contributed by atoms with Crippen molar-refractivity contribution in [3.8, 4) is 0 Å². The van der Waals surface area contributed by atoms with Crippen molar-refractivity contribution in [2.75, 3.05) is 36.5 Å². The Morgan fingerprint density at radius 1 is 1.18 bits per heavy atom. The van der Waals surface area contributed by atoms with Gasteiger partial charge < -0.3 is 15.0 Å². The van der Waals surface area contributed by atoms with Crippen LogP contribution in [0.1, 0.15) is 60.3 Å².